The van der Waals surface area contributed by atoms with Gasteiger partial charge in [-0.1, -0.05) is 0 Å². The lowest BCUT2D eigenvalue weighted by Gasteiger charge is -2.19. The largest absolute Gasteiger partial charge is 0.480 e. The highest BCUT2D eigenvalue weighted by atomic mass is 16.4. The number of aliphatic hydroxyl groups is 1. The summed E-state index contributed by atoms with van der Waals surface area (Å²) >= 11 is 0. The van der Waals surface area contributed by atoms with Crippen LogP contribution in [0.3, 0.4) is 0 Å². The van der Waals surface area contributed by atoms with E-state index in [0.29, 0.717) is 5.56 Å². The van der Waals surface area contributed by atoms with Crippen molar-refractivity contribution in [2.24, 2.45) is 0 Å². The lowest BCUT2D eigenvalue weighted by atomic mass is 10.0. The van der Waals surface area contributed by atoms with Crippen molar-refractivity contribution in [2.75, 3.05) is 18.5 Å². The first kappa shape index (κ1) is 13.4. The molecule has 1 amide bonds. The van der Waals surface area contributed by atoms with Gasteiger partial charge in [0.15, 0.2) is 6.04 Å². The molecule has 4 N–H and O–H groups in total. The number of anilines is 1. The van der Waals surface area contributed by atoms with Crippen LogP contribution in [0.5, 0.6) is 0 Å². The molecule has 6 nitrogen and oxygen atoms in total. The molecule has 0 aliphatic carbocycles. The van der Waals surface area contributed by atoms with Crippen LogP contribution in [0.4, 0.5) is 5.69 Å². The minimum atomic E-state index is -1.28. The van der Waals surface area contributed by atoms with E-state index in [2.05, 4.69) is 10.6 Å². The third kappa shape index (κ3) is 3.03. The van der Waals surface area contributed by atoms with Gasteiger partial charge in [-0.3, -0.25) is 4.79 Å². The molecule has 0 radical (unpaired) electrons. The summed E-state index contributed by atoms with van der Waals surface area (Å²) in [5.74, 6) is -1.75. The van der Waals surface area contributed by atoms with Gasteiger partial charge in [0.25, 0.3) is 5.91 Å². The highest BCUT2D eigenvalue weighted by Gasteiger charge is 2.20. The molecule has 102 valence electrons. The lowest BCUT2D eigenvalue weighted by Crippen LogP contribution is -2.43. The molecule has 1 atom stereocenters. The molecule has 0 saturated heterocycles. The van der Waals surface area contributed by atoms with Gasteiger partial charge in [0.2, 0.25) is 0 Å². The Morgan fingerprint density at radius 2 is 2.21 bits per heavy atom. The van der Waals surface area contributed by atoms with E-state index in [9.17, 15) is 9.59 Å². The number of carboxylic acid groups (broad SMARTS) is 1. The van der Waals surface area contributed by atoms with Gasteiger partial charge in [0.1, 0.15) is 0 Å². The van der Waals surface area contributed by atoms with Crippen LogP contribution in [0.25, 0.3) is 0 Å². The number of carbonyl (C=O) groups is 2. The molecule has 1 aromatic rings. The number of aliphatic hydroxyl groups excluding tert-OH is 1. The second-order valence-electron chi connectivity index (χ2n) is 4.45. The topological polar surface area (TPSA) is 98.7 Å². The number of aryl methyl sites for hydroxylation is 1. The Bertz CT molecular complexity index is 501. The van der Waals surface area contributed by atoms with Crippen molar-refractivity contribution in [3.8, 4) is 0 Å². The Labute approximate surface area is 110 Å². The molecule has 0 saturated carbocycles. The minimum absolute atomic E-state index is 0.405. The molecule has 0 aromatic heterocycles. The number of carbonyl (C=O) groups excluding carboxylic acids is 1. The number of fused-ring (bicyclic) bond motifs is 1. The van der Waals surface area contributed by atoms with E-state index < -0.39 is 24.5 Å². The van der Waals surface area contributed by atoms with Gasteiger partial charge in [-0.25, -0.2) is 4.79 Å². The van der Waals surface area contributed by atoms with Gasteiger partial charge in [0, 0.05) is 17.8 Å². The van der Waals surface area contributed by atoms with Crippen molar-refractivity contribution in [3.63, 3.8) is 0 Å². The van der Waals surface area contributed by atoms with E-state index in [1.54, 1.807) is 12.1 Å². The SMILES string of the molecule is O=C(N[C@@H](CO)C(=O)O)c1ccc2c(c1)CCCN2. The molecule has 0 spiro atoms. The number of benzene rings is 1. The maximum absolute atomic E-state index is 11.9. The molecule has 0 fully saturated rings. The van der Waals surface area contributed by atoms with Crippen molar-refractivity contribution in [1.82, 2.24) is 5.32 Å². The van der Waals surface area contributed by atoms with Gasteiger partial charge in [-0.05, 0) is 36.6 Å². The van der Waals surface area contributed by atoms with Crippen molar-refractivity contribution in [2.45, 2.75) is 18.9 Å². The van der Waals surface area contributed by atoms with Gasteiger partial charge in [0.05, 0.1) is 6.61 Å². The molecule has 0 unspecified atom stereocenters. The molecule has 1 aromatic carbocycles. The van der Waals surface area contributed by atoms with Crippen molar-refractivity contribution < 1.29 is 19.8 Å². The highest BCUT2D eigenvalue weighted by molar-refractivity contribution is 5.97. The third-order valence-electron chi connectivity index (χ3n) is 3.09. The van der Waals surface area contributed by atoms with Crippen LogP contribution < -0.4 is 10.6 Å². The van der Waals surface area contributed by atoms with E-state index in [1.807, 2.05) is 6.07 Å². The van der Waals surface area contributed by atoms with E-state index in [-0.39, 0.29) is 0 Å². The fourth-order valence-electron chi connectivity index (χ4n) is 2.04. The molecule has 19 heavy (non-hydrogen) atoms. The van der Waals surface area contributed by atoms with Gasteiger partial charge in [-0.15, -0.1) is 0 Å². The first-order valence-corrected chi connectivity index (χ1v) is 6.13. The zero-order valence-corrected chi connectivity index (χ0v) is 10.3. The first-order chi connectivity index (χ1) is 9.11. The fourth-order valence-corrected chi connectivity index (χ4v) is 2.04. The molecular formula is C13H16N2O4. The average molecular weight is 264 g/mol. The Morgan fingerprint density at radius 3 is 2.89 bits per heavy atom. The van der Waals surface area contributed by atoms with Crippen LogP contribution in [0.1, 0.15) is 22.3 Å². The maximum Gasteiger partial charge on any atom is 0.328 e. The standard InChI is InChI=1S/C13H16N2O4/c16-7-11(13(18)19)15-12(17)9-3-4-10-8(6-9)2-1-5-14-10/h3-4,6,11,14,16H,1-2,5,7H2,(H,15,17)(H,18,19)/t11-/m0/s1. The monoisotopic (exact) mass is 264 g/mol. The predicted molar refractivity (Wildman–Crippen MR) is 69.2 cm³/mol. The number of hydrogen-bond acceptors (Lipinski definition) is 4. The second kappa shape index (κ2) is 5.71. The summed E-state index contributed by atoms with van der Waals surface area (Å²) in [5.41, 5.74) is 2.47. The van der Waals surface area contributed by atoms with E-state index in [0.717, 1.165) is 30.6 Å². The van der Waals surface area contributed by atoms with Crippen LogP contribution in [-0.2, 0) is 11.2 Å². The molecule has 1 heterocycles. The Balaban J connectivity index is 2.13. The summed E-state index contributed by atoms with van der Waals surface area (Å²) in [6.45, 7) is 0.289. The third-order valence-corrected chi connectivity index (χ3v) is 3.09. The van der Waals surface area contributed by atoms with E-state index >= 15 is 0 Å². The average Bonchev–Trinajstić information content (AvgIpc) is 2.43. The summed E-state index contributed by atoms with van der Waals surface area (Å²) in [6, 6.07) is 3.94. The number of aliphatic carboxylic acids is 1. The molecule has 0 bridgehead atoms. The molecule has 1 aliphatic rings. The second-order valence-corrected chi connectivity index (χ2v) is 4.45. The van der Waals surface area contributed by atoms with Gasteiger partial charge < -0.3 is 20.8 Å². The summed E-state index contributed by atoms with van der Waals surface area (Å²) < 4.78 is 0. The zero-order chi connectivity index (χ0) is 13.8. The molecule has 6 heteroatoms. The number of nitrogens with one attached hydrogen (secondary N) is 2. The highest BCUT2D eigenvalue weighted by Crippen LogP contribution is 2.22. The van der Waals surface area contributed by atoms with Crippen LogP contribution >= 0.6 is 0 Å². The molecule has 1 aliphatic heterocycles. The quantitative estimate of drug-likeness (QED) is 0.623. The summed E-state index contributed by atoms with van der Waals surface area (Å²) in [4.78, 5) is 22.6. The summed E-state index contributed by atoms with van der Waals surface area (Å²) in [5, 5.41) is 23.2. The summed E-state index contributed by atoms with van der Waals surface area (Å²) in [7, 11) is 0. The van der Waals surface area contributed by atoms with Gasteiger partial charge in [-0.2, -0.15) is 0 Å². The summed E-state index contributed by atoms with van der Waals surface area (Å²) in [6.07, 6.45) is 1.90. The number of hydrogen-bond donors (Lipinski definition) is 4. The van der Waals surface area contributed by atoms with Crippen LogP contribution in [0.2, 0.25) is 0 Å². The number of carboxylic acids is 1. The molecular weight excluding hydrogens is 248 g/mol. The lowest BCUT2D eigenvalue weighted by molar-refractivity contribution is -0.140. The predicted octanol–water partition coefficient (Wildman–Crippen LogP) is 0.220. The Kier molecular flexibility index (Phi) is 4.01. The Morgan fingerprint density at radius 1 is 1.42 bits per heavy atom. The molecule has 2 rings (SSSR count). The zero-order valence-electron chi connectivity index (χ0n) is 10.3. The fraction of sp³-hybridized carbons (Fsp3) is 0.385. The maximum atomic E-state index is 11.9. The number of rotatable bonds is 4. The van der Waals surface area contributed by atoms with Gasteiger partial charge >= 0.3 is 5.97 Å². The minimum Gasteiger partial charge on any atom is -0.480 e. The van der Waals surface area contributed by atoms with E-state index in [1.165, 1.54) is 0 Å². The Hall–Kier alpha value is -2.08. The van der Waals surface area contributed by atoms with E-state index in [4.69, 9.17) is 10.2 Å². The first-order valence-electron chi connectivity index (χ1n) is 6.13. The van der Waals surface area contributed by atoms with Crippen molar-refractivity contribution >= 4 is 17.6 Å². The number of amides is 1. The smallest absolute Gasteiger partial charge is 0.328 e. The van der Waals surface area contributed by atoms with Crippen LogP contribution in [-0.4, -0.2) is 41.3 Å². The van der Waals surface area contributed by atoms with Crippen LogP contribution in [0, 0.1) is 0 Å². The van der Waals surface area contributed by atoms with Crippen molar-refractivity contribution in [1.29, 1.82) is 0 Å². The van der Waals surface area contributed by atoms with Crippen LogP contribution in [0.15, 0.2) is 18.2 Å². The normalized spacial score (nSPS) is 15.0. The van der Waals surface area contributed by atoms with Crippen molar-refractivity contribution in [3.05, 3.63) is 29.3 Å².